The molecule has 0 saturated heterocycles. The van der Waals surface area contributed by atoms with Gasteiger partial charge in [0.25, 0.3) is 0 Å². The third kappa shape index (κ3) is 16.0. The second-order valence-corrected chi connectivity index (χ2v) is 7.23. The van der Waals surface area contributed by atoms with Crippen LogP contribution in [0.4, 0.5) is 0 Å². The molecule has 110 valence electrons. The Hall–Kier alpha value is -0.0400. The van der Waals surface area contributed by atoms with Crippen LogP contribution in [0.5, 0.6) is 0 Å². The summed E-state index contributed by atoms with van der Waals surface area (Å²) in [6.45, 7) is 13.5. The largest absolute Gasteiger partial charge is 0.381 e. The van der Waals surface area contributed by atoms with Crippen molar-refractivity contribution in [3.05, 3.63) is 0 Å². The summed E-state index contributed by atoms with van der Waals surface area (Å²) in [5.41, 5.74) is 0.513. The molecule has 0 aromatic rings. The SMILES string of the molecule is CC(C)CCCOCCCCCCCC(C)(C)C. The van der Waals surface area contributed by atoms with Gasteiger partial charge in [-0.2, -0.15) is 0 Å². The molecule has 0 spiro atoms. The van der Waals surface area contributed by atoms with Crippen LogP contribution in [0.25, 0.3) is 0 Å². The molecule has 0 aliphatic rings. The van der Waals surface area contributed by atoms with E-state index >= 15 is 0 Å². The molecule has 18 heavy (non-hydrogen) atoms. The van der Waals surface area contributed by atoms with Crippen LogP contribution in [0.1, 0.15) is 86.0 Å². The van der Waals surface area contributed by atoms with Gasteiger partial charge in [-0.1, -0.05) is 60.3 Å². The predicted molar refractivity (Wildman–Crippen MR) is 82.0 cm³/mol. The lowest BCUT2D eigenvalue weighted by Gasteiger charge is -2.17. The lowest BCUT2D eigenvalue weighted by Crippen LogP contribution is -2.04. The smallest absolute Gasteiger partial charge is 0.0466 e. The third-order valence-corrected chi connectivity index (χ3v) is 3.29. The average Bonchev–Trinajstić information content (AvgIpc) is 2.24. The Bertz CT molecular complexity index is 167. The first-order valence-electron chi connectivity index (χ1n) is 7.99. The van der Waals surface area contributed by atoms with E-state index in [9.17, 15) is 0 Å². The van der Waals surface area contributed by atoms with Crippen LogP contribution in [0, 0.1) is 11.3 Å². The maximum absolute atomic E-state index is 5.64. The van der Waals surface area contributed by atoms with Gasteiger partial charge in [0.15, 0.2) is 0 Å². The zero-order valence-corrected chi connectivity index (χ0v) is 13.6. The molecule has 0 aromatic carbocycles. The fourth-order valence-corrected chi connectivity index (χ4v) is 2.09. The molecule has 0 unspecified atom stereocenters. The normalized spacial score (nSPS) is 12.3. The first-order chi connectivity index (χ1) is 8.42. The van der Waals surface area contributed by atoms with E-state index in [0.717, 1.165) is 19.1 Å². The van der Waals surface area contributed by atoms with E-state index in [-0.39, 0.29) is 0 Å². The molecule has 0 saturated carbocycles. The molecular weight excluding hydrogens is 220 g/mol. The number of unbranched alkanes of at least 4 members (excludes halogenated alkanes) is 4. The topological polar surface area (TPSA) is 9.23 Å². The van der Waals surface area contributed by atoms with Crippen molar-refractivity contribution >= 4 is 0 Å². The van der Waals surface area contributed by atoms with Crippen LogP contribution in [0.15, 0.2) is 0 Å². The summed E-state index contributed by atoms with van der Waals surface area (Å²) >= 11 is 0. The molecule has 0 bridgehead atoms. The summed E-state index contributed by atoms with van der Waals surface area (Å²) in [5.74, 6) is 0.816. The zero-order valence-electron chi connectivity index (χ0n) is 13.6. The molecule has 1 nitrogen and oxygen atoms in total. The number of hydrogen-bond acceptors (Lipinski definition) is 1. The predicted octanol–water partition coefficient (Wildman–Crippen LogP) is 5.83. The van der Waals surface area contributed by atoms with Crippen LogP contribution in [0.2, 0.25) is 0 Å². The third-order valence-electron chi connectivity index (χ3n) is 3.29. The van der Waals surface area contributed by atoms with Gasteiger partial charge in [-0.05, 0) is 37.0 Å². The van der Waals surface area contributed by atoms with Crippen molar-refractivity contribution in [1.82, 2.24) is 0 Å². The van der Waals surface area contributed by atoms with E-state index < -0.39 is 0 Å². The second kappa shape index (κ2) is 10.8. The highest BCUT2D eigenvalue weighted by molar-refractivity contribution is 4.60. The molecule has 0 fully saturated rings. The van der Waals surface area contributed by atoms with E-state index in [1.165, 1.54) is 51.4 Å². The molecule has 0 N–H and O–H groups in total. The van der Waals surface area contributed by atoms with Gasteiger partial charge in [-0.25, -0.2) is 0 Å². The fourth-order valence-electron chi connectivity index (χ4n) is 2.09. The zero-order chi connectivity index (χ0) is 13.9. The summed E-state index contributed by atoms with van der Waals surface area (Å²) in [7, 11) is 0. The van der Waals surface area contributed by atoms with Crippen LogP contribution in [0.3, 0.4) is 0 Å². The average molecular weight is 256 g/mol. The van der Waals surface area contributed by atoms with Gasteiger partial charge in [-0.15, -0.1) is 0 Å². The summed E-state index contributed by atoms with van der Waals surface area (Å²) < 4.78 is 5.64. The summed E-state index contributed by atoms with van der Waals surface area (Å²) in [5, 5.41) is 0. The Labute approximate surface area is 116 Å². The fraction of sp³-hybridized carbons (Fsp3) is 1.00. The molecule has 0 aliphatic heterocycles. The number of hydrogen-bond donors (Lipinski definition) is 0. The van der Waals surface area contributed by atoms with E-state index in [1.807, 2.05) is 0 Å². The van der Waals surface area contributed by atoms with Crippen LogP contribution < -0.4 is 0 Å². The monoisotopic (exact) mass is 256 g/mol. The number of rotatable bonds is 11. The van der Waals surface area contributed by atoms with Crippen molar-refractivity contribution in [3.8, 4) is 0 Å². The molecule has 0 radical (unpaired) electrons. The van der Waals surface area contributed by atoms with Gasteiger partial charge >= 0.3 is 0 Å². The number of ether oxygens (including phenoxy) is 1. The molecule has 0 atom stereocenters. The van der Waals surface area contributed by atoms with Crippen LogP contribution >= 0.6 is 0 Å². The Morgan fingerprint density at radius 2 is 1.33 bits per heavy atom. The van der Waals surface area contributed by atoms with Crippen LogP contribution in [-0.2, 0) is 4.74 Å². The van der Waals surface area contributed by atoms with Crippen molar-refractivity contribution in [2.45, 2.75) is 86.0 Å². The molecule has 0 rings (SSSR count). The quantitative estimate of drug-likeness (QED) is 0.423. The summed E-state index contributed by atoms with van der Waals surface area (Å²) in [6, 6.07) is 0. The summed E-state index contributed by atoms with van der Waals surface area (Å²) in [4.78, 5) is 0. The van der Waals surface area contributed by atoms with Crippen molar-refractivity contribution in [1.29, 1.82) is 0 Å². The second-order valence-electron chi connectivity index (χ2n) is 7.23. The Morgan fingerprint density at radius 1 is 0.778 bits per heavy atom. The molecule has 0 amide bonds. The lowest BCUT2D eigenvalue weighted by molar-refractivity contribution is 0.123. The highest BCUT2D eigenvalue weighted by Gasteiger charge is 2.08. The van der Waals surface area contributed by atoms with Crippen molar-refractivity contribution < 1.29 is 4.74 Å². The highest BCUT2D eigenvalue weighted by Crippen LogP contribution is 2.22. The Balaban J connectivity index is 3.04. The van der Waals surface area contributed by atoms with Crippen LogP contribution in [-0.4, -0.2) is 13.2 Å². The van der Waals surface area contributed by atoms with Crippen molar-refractivity contribution in [3.63, 3.8) is 0 Å². The van der Waals surface area contributed by atoms with E-state index in [1.54, 1.807) is 0 Å². The first kappa shape index (κ1) is 18.0. The molecular formula is C17H36O. The summed E-state index contributed by atoms with van der Waals surface area (Å²) in [6.07, 6.45) is 10.6. The lowest BCUT2D eigenvalue weighted by atomic mass is 9.89. The maximum Gasteiger partial charge on any atom is 0.0466 e. The molecule has 1 heteroatoms. The maximum atomic E-state index is 5.64. The Kier molecular flexibility index (Phi) is 10.8. The van der Waals surface area contributed by atoms with E-state index in [2.05, 4.69) is 34.6 Å². The van der Waals surface area contributed by atoms with Gasteiger partial charge in [-0.3, -0.25) is 0 Å². The van der Waals surface area contributed by atoms with Gasteiger partial charge in [0.05, 0.1) is 0 Å². The first-order valence-corrected chi connectivity index (χ1v) is 7.99. The van der Waals surface area contributed by atoms with Gasteiger partial charge < -0.3 is 4.74 Å². The van der Waals surface area contributed by atoms with Gasteiger partial charge in [0, 0.05) is 13.2 Å². The molecule has 0 aliphatic carbocycles. The van der Waals surface area contributed by atoms with Crippen molar-refractivity contribution in [2.75, 3.05) is 13.2 Å². The van der Waals surface area contributed by atoms with Gasteiger partial charge in [0.1, 0.15) is 0 Å². The Morgan fingerprint density at radius 3 is 1.94 bits per heavy atom. The highest BCUT2D eigenvalue weighted by atomic mass is 16.5. The minimum atomic E-state index is 0.513. The van der Waals surface area contributed by atoms with E-state index in [0.29, 0.717) is 5.41 Å². The van der Waals surface area contributed by atoms with Gasteiger partial charge in [0.2, 0.25) is 0 Å². The standard InChI is InChI=1S/C17H36O/c1-16(2)12-11-15-18-14-10-8-6-7-9-13-17(3,4)5/h16H,6-15H2,1-5H3. The minimum Gasteiger partial charge on any atom is -0.381 e. The van der Waals surface area contributed by atoms with E-state index in [4.69, 9.17) is 4.74 Å². The van der Waals surface area contributed by atoms with Crippen molar-refractivity contribution in [2.24, 2.45) is 11.3 Å². The molecule has 0 heterocycles. The minimum absolute atomic E-state index is 0.513. The molecule has 0 aromatic heterocycles.